The third kappa shape index (κ3) is 6.01. The minimum absolute atomic E-state index is 0.0856. The number of halogens is 2. The van der Waals surface area contributed by atoms with Gasteiger partial charge in [0.15, 0.2) is 0 Å². The molecule has 188 valence electrons. The van der Waals surface area contributed by atoms with E-state index in [4.69, 9.17) is 37.4 Å². The molecule has 0 amide bonds. The largest absolute Gasteiger partial charge is 0.459 e. The van der Waals surface area contributed by atoms with Gasteiger partial charge < -0.3 is 14.2 Å². The number of hydrogen-bond donors (Lipinski definition) is 1. The van der Waals surface area contributed by atoms with Crippen molar-refractivity contribution in [3.63, 3.8) is 0 Å². The summed E-state index contributed by atoms with van der Waals surface area (Å²) in [6.45, 7) is -0.246. The van der Waals surface area contributed by atoms with E-state index in [0.29, 0.717) is 14.9 Å². The first kappa shape index (κ1) is 26.0. The Kier molecular flexibility index (Phi) is 8.20. The van der Waals surface area contributed by atoms with Crippen LogP contribution in [-0.4, -0.2) is 46.6 Å². The standard InChI is InChI=1S/C24H20Cl2N2O7S/c1-36-19-11-28(24(32)27-21(19)29)20-10-17(35-23(31)14-4-8-16(26)9-5-14)18(34-20)12-33-22(30)13-2-6-15(25)7-3-13/h2-9,11,17-18,20H,10,12H2,1H3,(H,27,29,32)/t17-,18+,20+/m0/s1. The molecule has 12 heteroatoms. The number of rotatable bonds is 7. The molecule has 3 aromatic rings. The highest BCUT2D eigenvalue weighted by molar-refractivity contribution is 7.98. The molecule has 0 unspecified atom stereocenters. The maximum Gasteiger partial charge on any atom is 0.338 e. The summed E-state index contributed by atoms with van der Waals surface area (Å²) in [5, 5.41) is 0.934. The lowest BCUT2D eigenvalue weighted by Gasteiger charge is -2.19. The number of nitrogens with one attached hydrogen (secondary N) is 1. The molecule has 0 spiro atoms. The molecule has 1 aliphatic heterocycles. The van der Waals surface area contributed by atoms with Crippen LogP contribution in [0.15, 0.2) is 69.2 Å². The van der Waals surface area contributed by atoms with Crippen LogP contribution < -0.4 is 11.2 Å². The zero-order valence-corrected chi connectivity index (χ0v) is 21.1. The Balaban J connectivity index is 1.54. The van der Waals surface area contributed by atoms with Gasteiger partial charge in [0.25, 0.3) is 5.56 Å². The Labute approximate surface area is 219 Å². The summed E-state index contributed by atoms with van der Waals surface area (Å²) in [7, 11) is 0. The van der Waals surface area contributed by atoms with Gasteiger partial charge in [-0.15, -0.1) is 11.8 Å². The lowest BCUT2D eigenvalue weighted by atomic mass is 10.1. The third-order valence-electron chi connectivity index (χ3n) is 5.44. The van der Waals surface area contributed by atoms with Crippen molar-refractivity contribution in [2.45, 2.75) is 29.8 Å². The van der Waals surface area contributed by atoms with Crippen LogP contribution in [0.2, 0.25) is 10.0 Å². The number of ether oxygens (including phenoxy) is 3. The number of aromatic amines is 1. The fraction of sp³-hybridized carbons (Fsp3) is 0.250. The number of benzene rings is 2. The summed E-state index contributed by atoms with van der Waals surface area (Å²) in [6.07, 6.45) is 0.568. The van der Waals surface area contributed by atoms with Crippen LogP contribution in [-0.2, 0) is 14.2 Å². The first-order chi connectivity index (χ1) is 17.2. The van der Waals surface area contributed by atoms with Gasteiger partial charge in [-0.3, -0.25) is 14.3 Å². The van der Waals surface area contributed by atoms with E-state index in [2.05, 4.69) is 4.98 Å². The molecule has 36 heavy (non-hydrogen) atoms. The molecule has 2 heterocycles. The van der Waals surface area contributed by atoms with Crippen molar-refractivity contribution < 1.29 is 23.8 Å². The molecule has 1 aliphatic rings. The van der Waals surface area contributed by atoms with Gasteiger partial charge in [0.05, 0.1) is 16.0 Å². The van der Waals surface area contributed by atoms with Crippen molar-refractivity contribution in [3.05, 3.63) is 96.7 Å². The molecule has 4 rings (SSSR count). The Morgan fingerprint density at radius 2 is 1.61 bits per heavy atom. The van der Waals surface area contributed by atoms with Gasteiger partial charge in [-0.1, -0.05) is 23.2 Å². The molecule has 3 atom stereocenters. The number of H-pyrrole nitrogens is 1. The second-order valence-electron chi connectivity index (χ2n) is 7.78. The average molecular weight is 551 g/mol. The van der Waals surface area contributed by atoms with Gasteiger partial charge in [-0.2, -0.15) is 0 Å². The number of hydrogen-bond acceptors (Lipinski definition) is 8. The van der Waals surface area contributed by atoms with E-state index in [1.165, 1.54) is 46.8 Å². The summed E-state index contributed by atoms with van der Waals surface area (Å²) in [6, 6.07) is 12.3. The van der Waals surface area contributed by atoms with Gasteiger partial charge in [0.1, 0.15) is 25.0 Å². The summed E-state index contributed by atoms with van der Waals surface area (Å²) in [5.74, 6) is -1.25. The highest BCUT2D eigenvalue weighted by Crippen LogP contribution is 2.31. The Bertz CT molecular complexity index is 1370. The SMILES string of the molecule is CSc1cn([C@H]2C[C@H](OC(=O)c3ccc(Cl)cc3)[C@@H](COC(=O)c3ccc(Cl)cc3)O2)c(=O)[nH]c1=O. The summed E-state index contributed by atoms with van der Waals surface area (Å²) >= 11 is 12.9. The monoisotopic (exact) mass is 550 g/mol. The molecular formula is C24H20Cl2N2O7S. The molecule has 0 aliphatic carbocycles. The zero-order valence-electron chi connectivity index (χ0n) is 18.8. The van der Waals surface area contributed by atoms with Gasteiger partial charge >= 0.3 is 17.6 Å². The number of aromatic nitrogens is 2. The van der Waals surface area contributed by atoms with Crippen LogP contribution in [0.25, 0.3) is 0 Å². The van der Waals surface area contributed by atoms with E-state index >= 15 is 0 Å². The van der Waals surface area contributed by atoms with Crippen molar-refractivity contribution in [3.8, 4) is 0 Å². The highest BCUT2D eigenvalue weighted by atomic mass is 35.5. The van der Waals surface area contributed by atoms with E-state index < -0.39 is 41.6 Å². The second-order valence-corrected chi connectivity index (χ2v) is 9.51. The van der Waals surface area contributed by atoms with E-state index in [9.17, 15) is 19.2 Å². The number of carbonyl (C=O) groups excluding carboxylic acids is 2. The maximum absolute atomic E-state index is 12.7. The van der Waals surface area contributed by atoms with E-state index in [-0.39, 0.29) is 24.2 Å². The van der Waals surface area contributed by atoms with Crippen LogP contribution in [0.1, 0.15) is 33.4 Å². The van der Waals surface area contributed by atoms with E-state index in [1.807, 2.05) is 0 Å². The Morgan fingerprint density at radius 1 is 1.03 bits per heavy atom. The van der Waals surface area contributed by atoms with Crippen LogP contribution in [0, 0.1) is 0 Å². The predicted molar refractivity (Wildman–Crippen MR) is 134 cm³/mol. The van der Waals surface area contributed by atoms with Crippen LogP contribution in [0.3, 0.4) is 0 Å². The fourth-order valence-electron chi connectivity index (χ4n) is 3.59. The predicted octanol–water partition coefficient (Wildman–Crippen LogP) is 3.94. The number of thioether (sulfide) groups is 1. The molecule has 0 bridgehead atoms. The van der Waals surface area contributed by atoms with Crippen LogP contribution >= 0.6 is 35.0 Å². The molecule has 0 saturated carbocycles. The van der Waals surface area contributed by atoms with Gasteiger partial charge in [-0.05, 0) is 54.8 Å². The lowest BCUT2D eigenvalue weighted by Crippen LogP contribution is -2.33. The highest BCUT2D eigenvalue weighted by Gasteiger charge is 2.40. The van der Waals surface area contributed by atoms with Crippen molar-refractivity contribution >= 4 is 46.9 Å². The topological polar surface area (TPSA) is 117 Å². The molecular weight excluding hydrogens is 531 g/mol. The molecule has 1 N–H and O–H groups in total. The van der Waals surface area contributed by atoms with Crippen molar-refractivity contribution in [1.82, 2.24) is 9.55 Å². The molecule has 2 aromatic carbocycles. The smallest absolute Gasteiger partial charge is 0.338 e. The van der Waals surface area contributed by atoms with Crippen molar-refractivity contribution in [2.75, 3.05) is 12.9 Å². The van der Waals surface area contributed by atoms with Gasteiger partial charge in [0, 0.05) is 22.7 Å². The number of nitrogens with zero attached hydrogens (tertiary/aromatic N) is 1. The minimum Gasteiger partial charge on any atom is -0.459 e. The first-order valence-corrected chi connectivity index (χ1v) is 12.7. The molecule has 1 fully saturated rings. The zero-order chi connectivity index (χ0) is 25.8. The Morgan fingerprint density at radius 3 is 2.19 bits per heavy atom. The fourth-order valence-corrected chi connectivity index (χ4v) is 4.30. The van der Waals surface area contributed by atoms with Gasteiger partial charge in [-0.25, -0.2) is 14.4 Å². The van der Waals surface area contributed by atoms with Crippen LogP contribution in [0.4, 0.5) is 0 Å². The second kappa shape index (κ2) is 11.3. The van der Waals surface area contributed by atoms with Crippen LogP contribution in [0.5, 0.6) is 0 Å². The molecule has 1 aromatic heterocycles. The summed E-state index contributed by atoms with van der Waals surface area (Å²) < 4.78 is 18.3. The third-order valence-corrected chi connectivity index (χ3v) is 6.68. The van der Waals surface area contributed by atoms with E-state index in [1.54, 1.807) is 30.5 Å². The van der Waals surface area contributed by atoms with Crippen molar-refractivity contribution in [2.24, 2.45) is 0 Å². The Hall–Kier alpha value is -3.05. The minimum atomic E-state index is -0.876. The van der Waals surface area contributed by atoms with Crippen molar-refractivity contribution in [1.29, 1.82) is 0 Å². The van der Waals surface area contributed by atoms with E-state index in [0.717, 1.165) is 0 Å². The maximum atomic E-state index is 12.7. The average Bonchev–Trinajstić information content (AvgIpc) is 3.25. The molecule has 0 radical (unpaired) electrons. The first-order valence-electron chi connectivity index (χ1n) is 10.7. The number of esters is 2. The normalized spacial score (nSPS) is 19.1. The van der Waals surface area contributed by atoms with Gasteiger partial charge in [0.2, 0.25) is 0 Å². The molecule has 9 nitrogen and oxygen atoms in total. The number of carbonyl (C=O) groups is 2. The lowest BCUT2D eigenvalue weighted by molar-refractivity contribution is -0.0584. The summed E-state index contributed by atoms with van der Waals surface area (Å²) in [5.41, 5.74) is -0.638. The molecule has 1 saturated heterocycles. The quantitative estimate of drug-likeness (QED) is 0.347. The summed E-state index contributed by atoms with van der Waals surface area (Å²) in [4.78, 5) is 52.2.